The number of carbonyl (C=O) groups excluding carboxylic acids is 1. The molecule has 0 saturated heterocycles. The highest BCUT2D eigenvalue weighted by molar-refractivity contribution is 7.99. The van der Waals surface area contributed by atoms with Crippen LogP contribution in [0, 0.1) is 0 Å². The number of hydrogen-bond donors (Lipinski definition) is 2. The number of nitrogens with one attached hydrogen (secondary N) is 1. The minimum Gasteiger partial charge on any atom is -0.481 e. The molecule has 0 aliphatic carbocycles. The van der Waals surface area contributed by atoms with Crippen LogP contribution in [-0.4, -0.2) is 30.1 Å². The molecule has 2 aromatic carbocycles. The van der Waals surface area contributed by atoms with Crippen molar-refractivity contribution < 1.29 is 14.7 Å². The van der Waals surface area contributed by atoms with Gasteiger partial charge < -0.3 is 15.3 Å². The fraction of sp³-hybridized carbons (Fsp3) is 0.333. The zero-order valence-electron chi connectivity index (χ0n) is 15.2. The Morgan fingerprint density at radius 3 is 2.11 bits per heavy atom. The number of amides is 1. The molecule has 6 heteroatoms. The van der Waals surface area contributed by atoms with Gasteiger partial charge in [0.1, 0.15) is 0 Å². The van der Waals surface area contributed by atoms with Crippen molar-refractivity contribution >= 4 is 35.0 Å². The first-order chi connectivity index (χ1) is 13.1. The van der Waals surface area contributed by atoms with Crippen LogP contribution in [-0.2, 0) is 9.59 Å². The Kier molecular flexibility index (Phi) is 6.76. The molecular weight excluding hydrogens is 360 g/mol. The molecule has 0 unspecified atom stereocenters. The molecule has 3 rings (SSSR count). The molecule has 2 aromatic rings. The van der Waals surface area contributed by atoms with Gasteiger partial charge in [-0.3, -0.25) is 9.59 Å². The third kappa shape index (κ3) is 5.26. The lowest BCUT2D eigenvalue weighted by Crippen LogP contribution is -2.28. The molecule has 1 heterocycles. The number of nitrogens with zero attached hydrogens (tertiary/aromatic N) is 1. The third-order valence-electron chi connectivity index (χ3n) is 4.46. The van der Waals surface area contributed by atoms with Gasteiger partial charge in [-0.15, -0.1) is 0 Å². The minimum atomic E-state index is -0.810. The second kappa shape index (κ2) is 9.46. The van der Waals surface area contributed by atoms with E-state index in [1.807, 2.05) is 0 Å². The van der Waals surface area contributed by atoms with E-state index in [1.165, 1.54) is 21.2 Å². The number of rotatable bonds is 9. The first-order valence-electron chi connectivity index (χ1n) is 9.27. The van der Waals surface area contributed by atoms with E-state index in [2.05, 4.69) is 58.7 Å². The number of fused-ring (bicyclic) bond motifs is 2. The second-order valence-electron chi connectivity index (χ2n) is 6.49. The molecule has 0 fully saturated rings. The van der Waals surface area contributed by atoms with E-state index < -0.39 is 5.97 Å². The molecule has 0 saturated carbocycles. The molecule has 0 atom stereocenters. The fourth-order valence-electron chi connectivity index (χ4n) is 3.14. The van der Waals surface area contributed by atoms with E-state index in [9.17, 15) is 9.59 Å². The average molecular weight is 385 g/mol. The fourth-order valence-corrected chi connectivity index (χ4v) is 4.23. The highest BCUT2D eigenvalue weighted by Crippen LogP contribution is 2.47. The van der Waals surface area contributed by atoms with Crippen LogP contribution in [0.4, 0.5) is 11.4 Å². The molecular formula is C21H24N2O3S. The van der Waals surface area contributed by atoms with E-state index in [4.69, 9.17) is 5.11 Å². The summed E-state index contributed by atoms with van der Waals surface area (Å²) in [6.07, 6.45) is 2.51. The van der Waals surface area contributed by atoms with Gasteiger partial charge in [-0.05, 0) is 43.5 Å². The maximum absolute atomic E-state index is 11.9. The Bertz CT molecular complexity index is 764. The van der Waals surface area contributed by atoms with Crippen LogP contribution in [0.1, 0.15) is 32.1 Å². The maximum atomic E-state index is 11.9. The molecule has 0 bridgehead atoms. The van der Waals surface area contributed by atoms with Crippen molar-refractivity contribution in [2.24, 2.45) is 0 Å². The summed E-state index contributed by atoms with van der Waals surface area (Å²) in [5.41, 5.74) is 2.42. The summed E-state index contributed by atoms with van der Waals surface area (Å²) in [4.78, 5) is 27.2. The van der Waals surface area contributed by atoms with Crippen LogP contribution < -0.4 is 10.2 Å². The average Bonchev–Trinajstić information content (AvgIpc) is 2.67. The van der Waals surface area contributed by atoms with Gasteiger partial charge in [0.2, 0.25) is 5.91 Å². The van der Waals surface area contributed by atoms with Gasteiger partial charge in [0.15, 0.2) is 0 Å². The number of carbonyl (C=O) groups is 2. The highest BCUT2D eigenvalue weighted by atomic mass is 32.2. The van der Waals surface area contributed by atoms with Crippen molar-refractivity contribution in [1.29, 1.82) is 0 Å². The Labute approximate surface area is 163 Å². The highest BCUT2D eigenvalue weighted by Gasteiger charge is 2.22. The molecule has 27 heavy (non-hydrogen) atoms. The van der Waals surface area contributed by atoms with Gasteiger partial charge in [0.25, 0.3) is 0 Å². The van der Waals surface area contributed by atoms with Crippen molar-refractivity contribution in [3.05, 3.63) is 48.5 Å². The van der Waals surface area contributed by atoms with Crippen LogP contribution in [0.15, 0.2) is 58.3 Å². The number of para-hydroxylation sites is 2. The van der Waals surface area contributed by atoms with E-state index >= 15 is 0 Å². The van der Waals surface area contributed by atoms with E-state index in [0.29, 0.717) is 25.8 Å². The number of hydrogen-bond acceptors (Lipinski definition) is 4. The SMILES string of the molecule is O=C(O)CCCCC(=O)NCCCN1c2ccccc2Sc2ccccc21. The maximum Gasteiger partial charge on any atom is 0.303 e. The molecule has 1 amide bonds. The van der Waals surface area contributed by atoms with Crippen LogP contribution in [0.25, 0.3) is 0 Å². The summed E-state index contributed by atoms with van der Waals surface area (Å²) >= 11 is 1.79. The largest absolute Gasteiger partial charge is 0.481 e. The van der Waals surface area contributed by atoms with E-state index in [0.717, 1.165) is 13.0 Å². The number of benzene rings is 2. The first-order valence-corrected chi connectivity index (χ1v) is 10.1. The van der Waals surface area contributed by atoms with Crippen molar-refractivity contribution in [1.82, 2.24) is 5.32 Å². The Balaban J connectivity index is 1.50. The summed E-state index contributed by atoms with van der Waals surface area (Å²) in [6, 6.07) is 16.8. The van der Waals surface area contributed by atoms with Crippen molar-refractivity contribution in [3.63, 3.8) is 0 Å². The Morgan fingerprint density at radius 2 is 1.48 bits per heavy atom. The zero-order valence-corrected chi connectivity index (χ0v) is 16.0. The van der Waals surface area contributed by atoms with Gasteiger partial charge in [0.05, 0.1) is 11.4 Å². The molecule has 142 valence electrons. The first kappa shape index (κ1) is 19.3. The number of unbranched alkanes of at least 4 members (excludes halogenated alkanes) is 1. The van der Waals surface area contributed by atoms with Gasteiger partial charge in [-0.25, -0.2) is 0 Å². The number of carboxylic acid groups (broad SMARTS) is 1. The lowest BCUT2D eigenvalue weighted by molar-refractivity contribution is -0.137. The minimum absolute atomic E-state index is 0.00427. The summed E-state index contributed by atoms with van der Waals surface area (Å²) in [7, 11) is 0. The predicted molar refractivity (Wildman–Crippen MR) is 108 cm³/mol. The second-order valence-corrected chi connectivity index (χ2v) is 7.58. The quantitative estimate of drug-likeness (QED) is 0.626. The van der Waals surface area contributed by atoms with Gasteiger partial charge in [-0.1, -0.05) is 36.0 Å². The molecule has 0 aromatic heterocycles. The van der Waals surface area contributed by atoms with Gasteiger partial charge in [0, 0.05) is 35.7 Å². The summed E-state index contributed by atoms with van der Waals surface area (Å²) in [5, 5.41) is 11.5. The molecule has 1 aliphatic rings. The topological polar surface area (TPSA) is 69.6 Å². The van der Waals surface area contributed by atoms with Crippen molar-refractivity contribution in [2.45, 2.75) is 41.9 Å². The zero-order chi connectivity index (χ0) is 19.1. The molecule has 0 radical (unpaired) electrons. The molecule has 1 aliphatic heterocycles. The smallest absolute Gasteiger partial charge is 0.303 e. The molecule has 0 spiro atoms. The monoisotopic (exact) mass is 384 g/mol. The van der Waals surface area contributed by atoms with Crippen LogP contribution in [0.3, 0.4) is 0 Å². The van der Waals surface area contributed by atoms with Crippen molar-refractivity contribution in [2.75, 3.05) is 18.0 Å². The van der Waals surface area contributed by atoms with E-state index in [-0.39, 0.29) is 12.3 Å². The standard InChI is InChI=1S/C21H24N2O3S/c24-20(12-5-6-13-21(25)26)22-14-7-15-23-16-8-1-3-10-18(16)27-19-11-4-2-9-17(19)23/h1-4,8-11H,5-7,12-15H2,(H,22,24)(H,25,26). The lowest BCUT2D eigenvalue weighted by atomic mass is 10.2. The summed E-state index contributed by atoms with van der Waals surface area (Å²) in [5.74, 6) is -0.814. The normalized spacial score (nSPS) is 12.2. The summed E-state index contributed by atoms with van der Waals surface area (Å²) in [6.45, 7) is 1.44. The number of anilines is 2. The van der Waals surface area contributed by atoms with E-state index in [1.54, 1.807) is 11.8 Å². The predicted octanol–water partition coefficient (Wildman–Crippen LogP) is 4.44. The number of carboxylic acids is 1. The molecule has 2 N–H and O–H groups in total. The van der Waals surface area contributed by atoms with Crippen LogP contribution >= 0.6 is 11.8 Å². The lowest BCUT2D eigenvalue weighted by Gasteiger charge is -2.32. The van der Waals surface area contributed by atoms with Crippen LogP contribution in [0.5, 0.6) is 0 Å². The van der Waals surface area contributed by atoms with Gasteiger partial charge >= 0.3 is 5.97 Å². The Hall–Kier alpha value is -2.47. The van der Waals surface area contributed by atoms with Crippen molar-refractivity contribution in [3.8, 4) is 0 Å². The van der Waals surface area contributed by atoms with Gasteiger partial charge in [-0.2, -0.15) is 0 Å². The molecule has 5 nitrogen and oxygen atoms in total. The van der Waals surface area contributed by atoms with Crippen LogP contribution in [0.2, 0.25) is 0 Å². The third-order valence-corrected chi connectivity index (χ3v) is 5.59. The Morgan fingerprint density at radius 1 is 0.889 bits per heavy atom. The summed E-state index contributed by atoms with van der Waals surface area (Å²) < 4.78 is 0. The number of aliphatic carboxylic acids is 1.